The molecule has 0 unspecified atom stereocenters. The first-order valence-corrected chi connectivity index (χ1v) is 4.29. The van der Waals surface area contributed by atoms with Gasteiger partial charge >= 0.3 is 0 Å². The van der Waals surface area contributed by atoms with Gasteiger partial charge in [0.05, 0.1) is 7.11 Å². The molecule has 1 aromatic rings. The van der Waals surface area contributed by atoms with Gasteiger partial charge in [0, 0.05) is 6.54 Å². The Labute approximate surface area is 90.8 Å². The first-order valence-electron chi connectivity index (χ1n) is 4.29. The van der Waals surface area contributed by atoms with E-state index >= 15 is 0 Å². The normalized spacial score (nSPS) is 9.00. The van der Waals surface area contributed by atoms with Crippen molar-refractivity contribution in [3.05, 3.63) is 24.3 Å². The van der Waals surface area contributed by atoms with Crippen LogP contribution in [0.5, 0.6) is 11.5 Å². The van der Waals surface area contributed by atoms with E-state index in [1.54, 1.807) is 7.11 Å². The topological polar surface area (TPSA) is 30.5 Å². The summed E-state index contributed by atoms with van der Waals surface area (Å²) in [5.74, 6) is 1.57. The lowest BCUT2D eigenvalue weighted by atomic mass is 10.3. The summed E-state index contributed by atoms with van der Waals surface area (Å²) in [5.41, 5.74) is 0. The molecule has 0 heterocycles. The van der Waals surface area contributed by atoms with Crippen molar-refractivity contribution >= 4 is 12.4 Å². The number of para-hydroxylation sites is 2. The Morgan fingerprint density at radius 3 is 2.43 bits per heavy atom. The Hall–Kier alpha value is -0.930. The molecule has 0 aromatic heterocycles. The maximum Gasteiger partial charge on any atom is 0.161 e. The third kappa shape index (κ3) is 3.85. The standard InChI is InChI=1S/C10H15NO2.ClH/c1-11-7-8-13-10-6-4-3-5-9(10)12-2;/h3-6,11H,7-8H2,1-2H3;1H. The van der Waals surface area contributed by atoms with E-state index in [4.69, 9.17) is 9.47 Å². The number of nitrogens with one attached hydrogen (secondary N) is 1. The Morgan fingerprint density at radius 2 is 1.86 bits per heavy atom. The molecule has 0 aliphatic rings. The first-order chi connectivity index (χ1) is 6.38. The Kier molecular flexibility index (Phi) is 6.98. The van der Waals surface area contributed by atoms with Gasteiger partial charge in [-0.25, -0.2) is 0 Å². The smallest absolute Gasteiger partial charge is 0.161 e. The lowest BCUT2D eigenvalue weighted by molar-refractivity contribution is 0.295. The lowest BCUT2D eigenvalue weighted by Gasteiger charge is -2.09. The van der Waals surface area contributed by atoms with Gasteiger partial charge in [0.15, 0.2) is 11.5 Å². The molecule has 0 amide bonds. The molecule has 0 spiro atoms. The molecule has 0 bridgehead atoms. The van der Waals surface area contributed by atoms with E-state index < -0.39 is 0 Å². The summed E-state index contributed by atoms with van der Waals surface area (Å²) in [6.07, 6.45) is 0. The van der Waals surface area contributed by atoms with Gasteiger partial charge in [-0.1, -0.05) is 12.1 Å². The van der Waals surface area contributed by atoms with Crippen molar-refractivity contribution < 1.29 is 9.47 Å². The average molecular weight is 218 g/mol. The monoisotopic (exact) mass is 217 g/mol. The highest BCUT2D eigenvalue weighted by molar-refractivity contribution is 5.85. The summed E-state index contributed by atoms with van der Waals surface area (Å²) in [4.78, 5) is 0. The zero-order chi connectivity index (χ0) is 9.52. The van der Waals surface area contributed by atoms with Crippen LogP contribution in [0.2, 0.25) is 0 Å². The summed E-state index contributed by atoms with van der Waals surface area (Å²) < 4.78 is 10.6. The maximum atomic E-state index is 5.48. The molecule has 80 valence electrons. The van der Waals surface area contributed by atoms with Crippen LogP contribution in [0.25, 0.3) is 0 Å². The van der Waals surface area contributed by atoms with Crippen molar-refractivity contribution in [1.82, 2.24) is 5.32 Å². The number of benzene rings is 1. The fourth-order valence-electron chi connectivity index (χ4n) is 1.00. The van der Waals surface area contributed by atoms with Gasteiger partial charge < -0.3 is 14.8 Å². The van der Waals surface area contributed by atoms with E-state index in [2.05, 4.69) is 5.32 Å². The molecule has 0 saturated carbocycles. The molecular formula is C10H16ClNO2. The van der Waals surface area contributed by atoms with Crippen LogP contribution in [0.4, 0.5) is 0 Å². The van der Waals surface area contributed by atoms with Crippen LogP contribution in [0.15, 0.2) is 24.3 Å². The minimum Gasteiger partial charge on any atom is -0.493 e. The van der Waals surface area contributed by atoms with E-state index in [1.165, 1.54) is 0 Å². The Balaban J connectivity index is 0.00000169. The predicted octanol–water partition coefficient (Wildman–Crippen LogP) is 1.72. The van der Waals surface area contributed by atoms with Crippen LogP contribution in [0, 0.1) is 0 Å². The van der Waals surface area contributed by atoms with E-state index in [1.807, 2.05) is 31.3 Å². The second-order valence-electron chi connectivity index (χ2n) is 2.60. The largest absolute Gasteiger partial charge is 0.493 e. The number of hydrogen-bond donors (Lipinski definition) is 1. The molecule has 1 aromatic carbocycles. The summed E-state index contributed by atoms with van der Waals surface area (Å²) in [7, 11) is 3.53. The van der Waals surface area contributed by atoms with Crippen LogP contribution in [0.1, 0.15) is 0 Å². The number of halogens is 1. The van der Waals surface area contributed by atoms with Gasteiger partial charge in [-0.3, -0.25) is 0 Å². The third-order valence-electron chi connectivity index (χ3n) is 1.68. The van der Waals surface area contributed by atoms with Crippen molar-refractivity contribution in [2.45, 2.75) is 0 Å². The second-order valence-corrected chi connectivity index (χ2v) is 2.60. The Morgan fingerprint density at radius 1 is 1.21 bits per heavy atom. The molecular weight excluding hydrogens is 202 g/mol. The molecule has 0 radical (unpaired) electrons. The Bertz CT molecular complexity index is 256. The van der Waals surface area contributed by atoms with E-state index in [-0.39, 0.29) is 12.4 Å². The lowest BCUT2D eigenvalue weighted by Crippen LogP contribution is -2.16. The van der Waals surface area contributed by atoms with Crippen LogP contribution in [0.3, 0.4) is 0 Å². The number of rotatable bonds is 5. The quantitative estimate of drug-likeness (QED) is 0.762. The average Bonchev–Trinajstić information content (AvgIpc) is 2.19. The SMILES string of the molecule is CNCCOc1ccccc1OC.Cl. The van der Waals surface area contributed by atoms with E-state index in [0.29, 0.717) is 6.61 Å². The van der Waals surface area contributed by atoms with Crippen molar-refractivity contribution in [2.75, 3.05) is 27.3 Å². The van der Waals surface area contributed by atoms with Crippen molar-refractivity contribution in [3.63, 3.8) is 0 Å². The molecule has 1 N–H and O–H groups in total. The molecule has 14 heavy (non-hydrogen) atoms. The fourth-order valence-corrected chi connectivity index (χ4v) is 1.00. The van der Waals surface area contributed by atoms with Crippen molar-refractivity contribution in [1.29, 1.82) is 0 Å². The second kappa shape index (κ2) is 7.47. The minimum atomic E-state index is 0. The summed E-state index contributed by atoms with van der Waals surface area (Å²) in [6, 6.07) is 7.63. The molecule has 0 aliphatic carbocycles. The molecule has 4 heteroatoms. The van der Waals surface area contributed by atoms with Gasteiger partial charge in [-0.2, -0.15) is 0 Å². The van der Waals surface area contributed by atoms with E-state index in [0.717, 1.165) is 18.0 Å². The zero-order valence-electron chi connectivity index (χ0n) is 8.45. The van der Waals surface area contributed by atoms with Crippen LogP contribution < -0.4 is 14.8 Å². The molecule has 0 fully saturated rings. The number of hydrogen-bond acceptors (Lipinski definition) is 3. The van der Waals surface area contributed by atoms with Gasteiger partial charge in [0.1, 0.15) is 6.61 Å². The number of likely N-dealkylation sites (N-methyl/N-ethyl adjacent to an activating group) is 1. The highest BCUT2D eigenvalue weighted by Crippen LogP contribution is 2.25. The third-order valence-corrected chi connectivity index (χ3v) is 1.68. The summed E-state index contributed by atoms with van der Waals surface area (Å²) in [6.45, 7) is 1.48. The first kappa shape index (κ1) is 13.1. The van der Waals surface area contributed by atoms with Gasteiger partial charge in [-0.05, 0) is 19.2 Å². The molecule has 1 rings (SSSR count). The summed E-state index contributed by atoms with van der Waals surface area (Å²) >= 11 is 0. The number of ether oxygens (including phenoxy) is 2. The fraction of sp³-hybridized carbons (Fsp3) is 0.400. The molecule has 0 atom stereocenters. The number of methoxy groups -OCH3 is 1. The molecule has 3 nitrogen and oxygen atoms in total. The zero-order valence-corrected chi connectivity index (χ0v) is 9.26. The van der Waals surface area contributed by atoms with Crippen LogP contribution in [-0.2, 0) is 0 Å². The van der Waals surface area contributed by atoms with Crippen LogP contribution in [-0.4, -0.2) is 27.3 Å². The minimum absolute atomic E-state index is 0. The van der Waals surface area contributed by atoms with Crippen molar-refractivity contribution in [2.24, 2.45) is 0 Å². The van der Waals surface area contributed by atoms with Gasteiger partial charge in [-0.15, -0.1) is 12.4 Å². The maximum absolute atomic E-state index is 5.48. The van der Waals surface area contributed by atoms with Crippen molar-refractivity contribution in [3.8, 4) is 11.5 Å². The predicted molar refractivity (Wildman–Crippen MR) is 59.7 cm³/mol. The molecule has 0 aliphatic heterocycles. The summed E-state index contributed by atoms with van der Waals surface area (Å²) in [5, 5.41) is 3.01. The van der Waals surface area contributed by atoms with E-state index in [9.17, 15) is 0 Å². The van der Waals surface area contributed by atoms with Crippen LogP contribution >= 0.6 is 12.4 Å². The van der Waals surface area contributed by atoms with Gasteiger partial charge in [0.2, 0.25) is 0 Å². The van der Waals surface area contributed by atoms with Gasteiger partial charge in [0.25, 0.3) is 0 Å². The highest BCUT2D eigenvalue weighted by atomic mass is 35.5. The molecule has 0 saturated heterocycles. The highest BCUT2D eigenvalue weighted by Gasteiger charge is 2.00.